The van der Waals surface area contributed by atoms with Crippen LogP contribution in [-0.4, -0.2) is 49.9 Å². The van der Waals surface area contributed by atoms with E-state index in [1.54, 1.807) is 0 Å². The zero-order valence-electron chi connectivity index (χ0n) is 38.0. The molecule has 0 aromatic rings. The van der Waals surface area contributed by atoms with Gasteiger partial charge in [0.1, 0.15) is 6.10 Å². The number of esters is 1. The fourth-order valence-electron chi connectivity index (χ4n) is 6.95. The average molecular weight is 840 g/mol. The maximum absolute atomic E-state index is 12.6. The summed E-state index contributed by atoms with van der Waals surface area (Å²) < 4.78 is 33.5. The minimum Gasteiger partial charge on any atom is -0.457 e. The fraction of sp³-hybridized carbons (Fsp3) is 0.857. The largest absolute Gasteiger partial charge is 0.472 e. The third-order valence-electron chi connectivity index (χ3n) is 10.6. The average Bonchev–Trinajstić information content (AvgIpc) is 3.21. The molecule has 0 rings (SSSR count). The Morgan fingerprint density at radius 1 is 0.517 bits per heavy atom. The van der Waals surface area contributed by atoms with E-state index in [9.17, 15) is 14.3 Å². The summed E-state index contributed by atoms with van der Waals surface area (Å²) in [5.41, 5.74) is 5.38. The molecular formula is C49H94NO7P. The van der Waals surface area contributed by atoms with Gasteiger partial charge >= 0.3 is 13.8 Å². The van der Waals surface area contributed by atoms with Gasteiger partial charge in [-0.1, -0.05) is 211 Å². The van der Waals surface area contributed by atoms with Crippen molar-refractivity contribution in [3.05, 3.63) is 36.5 Å². The van der Waals surface area contributed by atoms with E-state index >= 15 is 0 Å². The molecule has 0 aromatic heterocycles. The van der Waals surface area contributed by atoms with Gasteiger partial charge in [0, 0.05) is 19.6 Å². The molecule has 0 radical (unpaired) electrons. The lowest BCUT2D eigenvalue weighted by atomic mass is 10.0. The highest BCUT2D eigenvalue weighted by Gasteiger charge is 2.25. The summed E-state index contributed by atoms with van der Waals surface area (Å²) in [5.74, 6) is -0.334. The van der Waals surface area contributed by atoms with E-state index in [1.165, 1.54) is 161 Å². The van der Waals surface area contributed by atoms with Gasteiger partial charge in [-0.15, -0.1) is 0 Å². The molecule has 0 fully saturated rings. The molecule has 3 N–H and O–H groups in total. The number of carbonyl (C=O) groups excluding carboxylic acids is 1. The maximum Gasteiger partial charge on any atom is 0.472 e. The van der Waals surface area contributed by atoms with Crippen LogP contribution in [0.2, 0.25) is 0 Å². The van der Waals surface area contributed by atoms with Gasteiger partial charge in [-0.05, 0) is 51.4 Å². The minimum atomic E-state index is -4.28. The van der Waals surface area contributed by atoms with Crippen LogP contribution in [0.1, 0.15) is 232 Å². The smallest absolute Gasteiger partial charge is 0.457 e. The Hall–Kier alpha value is -1.28. The van der Waals surface area contributed by atoms with Crippen molar-refractivity contribution in [3.63, 3.8) is 0 Å². The lowest BCUT2D eigenvalue weighted by molar-refractivity contribution is -0.154. The van der Waals surface area contributed by atoms with Crippen LogP contribution in [0.3, 0.4) is 0 Å². The summed E-state index contributed by atoms with van der Waals surface area (Å²) >= 11 is 0. The molecule has 9 heteroatoms. The highest BCUT2D eigenvalue weighted by Crippen LogP contribution is 2.43. The van der Waals surface area contributed by atoms with E-state index in [-0.39, 0.29) is 32.3 Å². The van der Waals surface area contributed by atoms with Gasteiger partial charge in [0.25, 0.3) is 0 Å². The predicted octanol–water partition coefficient (Wildman–Crippen LogP) is 15.0. The summed E-state index contributed by atoms with van der Waals surface area (Å²) in [6, 6.07) is 0. The van der Waals surface area contributed by atoms with E-state index in [4.69, 9.17) is 24.3 Å². The second kappa shape index (κ2) is 46.8. The molecule has 2 atom stereocenters. The molecule has 0 amide bonds. The van der Waals surface area contributed by atoms with Gasteiger partial charge in [0.15, 0.2) is 0 Å². The summed E-state index contributed by atoms with van der Waals surface area (Å²) in [7, 11) is -4.28. The molecule has 342 valence electrons. The van der Waals surface area contributed by atoms with Crippen LogP contribution in [0.5, 0.6) is 0 Å². The van der Waals surface area contributed by atoms with Crippen LogP contribution in [-0.2, 0) is 27.9 Å². The summed E-state index contributed by atoms with van der Waals surface area (Å²) in [5, 5.41) is 0. The molecule has 2 unspecified atom stereocenters. The van der Waals surface area contributed by atoms with Crippen molar-refractivity contribution < 1.29 is 32.8 Å². The van der Waals surface area contributed by atoms with Gasteiger partial charge in [-0.2, -0.15) is 0 Å². The standard InChI is InChI=1S/C49H94NO7P/c1-3-5-7-9-11-13-15-17-19-21-22-23-24-25-26-27-28-30-32-34-36-38-40-42-49(51)57-48(47-56-58(52,53)55-45-43-50)46-54-44-41-39-37-35-33-31-29-20-18-16-14-12-10-8-6-4-2/h15,17,21-22,24-25,48H,3-14,16,18-20,23,26-47,50H2,1-2H3,(H,52,53)/b17-15-,22-21-,25-24-. The zero-order chi connectivity index (χ0) is 42.3. The van der Waals surface area contributed by atoms with Gasteiger partial charge in [0.2, 0.25) is 0 Å². The van der Waals surface area contributed by atoms with Crippen LogP contribution in [0.25, 0.3) is 0 Å². The fourth-order valence-corrected chi connectivity index (χ4v) is 7.71. The Balaban J connectivity index is 3.97. The quantitative estimate of drug-likeness (QED) is 0.0269. The lowest BCUT2D eigenvalue weighted by Crippen LogP contribution is -2.28. The minimum absolute atomic E-state index is 0.0959. The molecule has 0 aliphatic carbocycles. The van der Waals surface area contributed by atoms with Gasteiger partial charge < -0.3 is 20.1 Å². The first-order valence-corrected chi connectivity index (χ1v) is 26.0. The molecule has 0 heterocycles. The molecule has 0 saturated heterocycles. The van der Waals surface area contributed by atoms with Crippen molar-refractivity contribution in [2.45, 2.75) is 238 Å². The second-order valence-corrected chi connectivity index (χ2v) is 17.8. The third kappa shape index (κ3) is 45.8. The molecule has 0 aliphatic heterocycles. The van der Waals surface area contributed by atoms with E-state index in [0.717, 1.165) is 51.4 Å². The van der Waals surface area contributed by atoms with Crippen molar-refractivity contribution in [2.24, 2.45) is 5.73 Å². The monoisotopic (exact) mass is 840 g/mol. The summed E-state index contributed by atoms with van der Waals surface area (Å²) in [4.78, 5) is 22.6. The van der Waals surface area contributed by atoms with Crippen LogP contribution in [0.15, 0.2) is 36.5 Å². The molecule has 0 aliphatic rings. The Bertz CT molecular complexity index is 988. The number of unbranched alkanes of at least 4 members (excludes halogenated alkanes) is 28. The van der Waals surface area contributed by atoms with Gasteiger partial charge in [-0.3, -0.25) is 13.8 Å². The molecule has 8 nitrogen and oxygen atoms in total. The maximum atomic E-state index is 12.6. The summed E-state index contributed by atoms with van der Waals surface area (Å²) in [6.45, 7) is 4.94. The number of phosphoric acid groups is 1. The number of hydrogen-bond acceptors (Lipinski definition) is 7. The van der Waals surface area contributed by atoms with E-state index in [1.807, 2.05) is 0 Å². The number of ether oxygens (including phenoxy) is 2. The second-order valence-electron chi connectivity index (χ2n) is 16.3. The van der Waals surface area contributed by atoms with E-state index < -0.39 is 13.9 Å². The van der Waals surface area contributed by atoms with Crippen molar-refractivity contribution in [1.82, 2.24) is 0 Å². The highest BCUT2D eigenvalue weighted by molar-refractivity contribution is 7.47. The Labute approximate surface area is 358 Å². The van der Waals surface area contributed by atoms with Crippen LogP contribution >= 0.6 is 7.82 Å². The number of hydrogen-bond donors (Lipinski definition) is 2. The Morgan fingerprint density at radius 3 is 1.36 bits per heavy atom. The molecule has 0 aromatic carbocycles. The molecule has 0 bridgehead atoms. The molecular weight excluding hydrogens is 746 g/mol. The third-order valence-corrected chi connectivity index (χ3v) is 11.5. The Morgan fingerprint density at radius 2 is 0.914 bits per heavy atom. The van der Waals surface area contributed by atoms with Crippen LogP contribution in [0, 0.1) is 0 Å². The number of phosphoric ester groups is 1. The topological polar surface area (TPSA) is 117 Å². The van der Waals surface area contributed by atoms with E-state index in [2.05, 4.69) is 50.3 Å². The first-order chi connectivity index (χ1) is 28.4. The molecule has 0 saturated carbocycles. The molecule has 0 spiro atoms. The number of carbonyl (C=O) groups is 1. The normalized spacial score (nSPS) is 13.7. The van der Waals surface area contributed by atoms with Crippen molar-refractivity contribution in [1.29, 1.82) is 0 Å². The highest BCUT2D eigenvalue weighted by atomic mass is 31.2. The molecule has 58 heavy (non-hydrogen) atoms. The van der Waals surface area contributed by atoms with Crippen LogP contribution in [0.4, 0.5) is 0 Å². The first kappa shape index (κ1) is 56.7. The van der Waals surface area contributed by atoms with Crippen molar-refractivity contribution in [2.75, 3.05) is 33.0 Å². The zero-order valence-corrected chi connectivity index (χ0v) is 38.9. The number of nitrogens with two attached hydrogens (primary N) is 1. The van der Waals surface area contributed by atoms with Crippen LogP contribution < -0.4 is 5.73 Å². The Kier molecular flexibility index (Phi) is 45.7. The first-order valence-electron chi connectivity index (χ1n) is 24.5. The van der Waals surface area contributed by atoms with E-state index in [0.29, 0.717) is 13.0 Å². The van der Waals surface area contributed by atoms with Crippen molar-refractivity contribution >= 4 is 13.8 Å². The predicted molar refractivity (Wildman–Crippen MR) is 247 cm³/mol. The summed E-state index contributed by atoms with van der Waals surface area (Å²) in [6.07, 6.45) is 54.5. The number of allylic oxidation sites excluding steroid dienone is 6. The number of rotatable bonds is 47. The SMILES string of the molecule is CCCCCCC/C=C\C/C=C\C/C=C\CCCCCCCCCCC(=O)OC(COCCCCCCCCCCCCCCCCCC)COP(=O)(O)OCCN. The van der Waals surface area contributed by atoms with Gasteiger partial charge in [-0.25, -0.2) is 4.57 Å². The van der Waals surface area contributed by atoms with Crippen molar-refractivity contribution in [3.8, 4) is 0 Å². The lowest BCUT2D eigenvalue weighted by Gasteiger charge is -2.20. The van der Waals surface area contributed by atoms with Gasteiger partial charge in [0.05, 0.1) is 19.8 Å².